The number of benzene rings is 7. The number of nitriles is 3. The number of rotatable bonds is 6. The van der Waals surface area contributed by atoms with Crippen LogP contribution in [0.4, 0.5) is 0 Å². The Morgan fingerprint density at radius 3 is 0.729 bits per heavy atom. The minimum Gasteiger partial charge on any atom is -0.192 e. The highest BCUT2D eigenvalue weighted by Crippen LogP contribution is 2.45. The van der Waals surface area contributed by atoms with Crippen LogP contribution in [-0.4, -0.2) is 0 Å². The van der Waals surface area contributed by atoms with Gasteiger partial charge in [0, 0.05) is 16.7 Å². The van der Waals surface area contributed by atoms with Crippen LogP contribution in [0.5, 0.6) is 0 Å². The van der Waals surface area contributed by atoms with Gasteiger partial charge in [-0.25, -0.2) is 0 Å². The zero-order valence-corrected chi connectivity index (χ0v) is 25.9. The number of hydrogen-bond donors (Lipinski definition) is 0. The standard InChI is InChI=1S/C45H27N3/c46-28-40-43(37-22-10-19-34(25-37)31-13-4-1-5-14-31)41(29-47)45(39-24-12-21-36(27-39)33-17-8-3-9-18-33)42(30-48)44(40)38-23-11-20-35(26-38)32-15-6-2-7-16-32/h1-27H. The third kappa shape index (κ3) is 5.52. The fourth-order valence-corrected chi connectivity index (χ4v) is 6.41. The van der Waals surface area contributed by atoms with Crippen molar-refractivity contribution in [3.8, 4) is 85.0 Å². The van der Waals surface area contributed by atoms with Crippen molar-refractivity contribution < 1.29 is 0 Å². The Balaban J connectivity index is 1.58. The van der Waals surface area contributed by atoms with Crippen LogP contribution in [0, 0.1) is 34.0 Å². The molecule has 0 aliphatic heterocycles. The van der Waals surface area contributed by atoms with E-state index < -0.39 is 0 Å². The van der Waals surface area contributed by atoms with E-state index in [1.807, 2.05) is 164 Å². The molecule has 0 N–H and O–H groups in total. The second-order valence-corrected chi connectivity index (χ2v) is 11.4. The van der Waals surface area contributed by atoms with Crippen LogP contribution < -0.4 is 0 Å². The van der Waals surface area contributed by atoms with E-state index in [-0.39, 0.29) is 0 Å². The molecule has 7 aromatic rings. The lowest BCUT2D eigenvalue weighted by Crippen LogP contribution is -2.03. The van der Waals surface area contributed by atoms with Gasteiger partial charge in [-0.2, -0.15) is 15.8 Å². The number of nitrogens with zero attached hydrogens (tertiary/aromatic N) is 3. The summed E-state index contributed by atoms with van der Waals surface area (Å²) in [5.41, 5.74) is 10.6. The van der Waals surface area contributed by atoms with Crippen molar-refractivity contribution in [2.75, 3.05) is 0 Å². The van der Waals surface area contributed by atoms with Gasteiger partial charge in [0.25, 0.3) is 0 Å². The van der Waals surface area contributed by atoms with Gasteiger partial charge in [-0.05, 0) is 68.3 Å². The smallest absolute Gasteiger partial charge is 0.101 e. The molecular weight excluding hydrogens is 583 g/mol. The molecule has 0 amide bonds. The molecule has 7 aromatic carbocycles. The predicted molar refractivity (Wildman–Crippen MR) is 193 cm³/mol. The molecule has 0 heterocycles. The van der Waals surface area contributed by atoms with E-state index in [0.29, 0.717) is 33.4 Å². The fourth-order valence-electron chi connectivity index (χ4n) is 6.41. The summed E-state index contributed by atoms with van der Waals surface area (Å²) in [5, 5.41) is 32.8. The summed E-state index contributed by atoms with van der Waals surface area (Å²) in [4.78, 5) is 0. The Bertz CT molecular complexity index is 2110. The van der Waals surface area contributed by atoms with Crippen molar-refractivity contribution in [2.24, 2.45) is 0 Å². The largest absolute Gasteiger partial charge is 0.192 e. The molecule has 0 fully saturated rings. The predicted octanol–water partition coefficient (Wildman–Crippen LogP) is 11.3. The summed E-state index contributed by atoms with van der Waals surface area (Å²) in [7, 11) is 0. The Hall–Kier alpha value is -6.99. The van der Waals surface area contributed by atoms with Crippen LogP contribution in [-0.2, 0) is 0 Å². The van der Waals surface area contributed by atoms with Crippen molar-refractivity contribution in [3.63, 3.8) is 0 Å². The third-order valence-electron chi connectivity index (χ3n) is 8.61. The van der Waals surface area contributed by atoms with Gasteiger partial charge < -0.3 is 0 Å². The van der Waals surface area contributed by atoms with E-state index in [1.54, 1.807) is 0 Å². The SMILES string of the molecule is N#Cc1c(-c2cccc(-c3ccccc3)c2)c(C#N)c(-c2cccc(-c3ccccc3)c2)c(C#N)c1-c1cccc(-c2ccccc2)c1. The molecule has 0 aliphatic carbocycles. The van der Waals surface area contributed by atoms with E-state index >= 15 is 0 Å². The molecule has 222 valence electrons. The normalized spacial score (nSPS) is 10.4. The summed E-state index contributed by atoms with van der Waals surface area (Å²) in [6.07, 6.45) is 0. The van der Waals surface area contributed by atoms with Crippen molar-refractivity contribution >= 4 is 0 Å². The summed E-state index contributed by atoms with van der Waals surface area (Å²) in [6, 6.07) is 61.2. The maximum atomic E-state index is 10.9. The molecule has 0 radical (unpaired) electrons. The van der Waals surface area contributed by atoms with Crippen LogP contribution in [0.15, 0.2) is 164 Å². The first-order valence-electron chi connectivity index (χ1n) is 15.6. The second kappa shape index (κ2) is 13.2. The average molecular weight is 610 g/mol. The first-order valence-corrected chi connectivity index (χ1v) is 15.6. The molecule has 0 atom stereocenters. The maximum absolute atomic E-state index is 10.9. The third-order valence-corrected chi connectivity index (χ3v) is 8.61. The molecule has 0 bridgehead atoms. The number of hydrogen-bond acceptors (Lipinski definition) is 3. The Morgan fingerprint density at radius 2 is 0.479 bits per heavy atom. The molecule has 0 unspecified atom stereocenters. The van der Waals surface area contributed by atoms with Gasteiger partial charge in [0.15, 0.2) is 0 Å². The maximum Gasteiger partial charge on any atom is 0.101 e. The fraction of sp³-hybridized carbons (Fsp3) is 0. The molecule has 3 nitrogen and oxygen atoms in total. The van der Waals surface area contributed by atoms with Gasteiger partial charge >= 0.3 is 0 Å². The molecule has 0 saturated heterocycles. The highest BCUT2D eigenvalue weighted by atomic mass is 14.4. The van der Waals surface area contributed by atoms with Crippen molar-refractivity contribution in [1.29, 1.82) is 15.8 Å². The van der Waals surface area contributed by atoms with Crippen LogP contribution in [0.25, 0.3) is 66.8 Å². The Labute approximate surface area is 280 Å². The van der Waals surface area contributed by atoms with Gasteiger partial charge in [-0.1, -0.05) is 146 Å². The quantitative estimate of drug-likeness (QED) is 0.188. The van der Waals surface area contributed by atoms with Gasteiger partial charge in [0.05, 0.1) is 16.7 Å². The zero-order chi connectivity index (χ0) is 32.9. The second-order valence-electron chi connectivity index (χ2n) is 11.4. The molecule has 0 spiro atoms. The van der Waals surface area contributed by atoms with E-state index in [4.69, 9.17) is 0 Å². The highest BCUT2D eigenvalue weighted by molar-refractivity contribution is 5.99. The van der Waals surface area contributed by atoms with Gasteiger partial charge in [-0.3, -0.25) is 0 Å². The summed E-state index contributed by atoms with van der Waals surface area (Å²) < 4.78 is 0. The summed E-state index contributed by atoms with van der Waals surface area (Å²) in [5.74, 6) is 0. The first-order chi connectivity index (χ1) is 23.7. The van der Waals surface area contributed by atoms with E-state index in [0.717, 1.165) is 50.1 Å². The van der Waals surface area contributed by atoms with Gasteiger partial charge in [-0.15, -0.1) is 0 Å². The molecule has 0 aromatic heterocycles. The van der Waals surface area contributed by atoms with Crippen LogP contribution in [0.1, 0.15) is 16.7 Å². The monoisotopic (exact) mass is 609 g/mol. The lowest BCUT2D eigenvalue weighted by Gasteiger charge is -2.20. The molecular formula is C45H27N3. The van der Waals surface area contributed by atoms with Gasteiger partial charge in [0.1, 0.15) is 18.2 Å². The minimum atomic E-state index is 0.293. The Morgan fingerprint density at radius 1 is 0.250 bits per heavy atom. The molecule has 0 saturated carbocycles. The lowest BCUT2D eigenvalue weighted by atomic mass is 9.79. The van der Waals surface area contributed by atoms with Crippen molar-refractivity contribution in [1.82, 2.24) is 0 Å². The van der Waals surface area contributed by atoms with Crippen molar-refractivity contribution in [2.45, 2.75) is 0 Å². The highest BCUT2D eigenvalue weighted by Gasteiger charge is 2.27. The minimum absolute atomic E-state index is 0.293. The average Bonchev–Trinajstić information content (AvgIpc) is 3.17. The topological polar surface area (TPSA) is 71.4 Å². The van der Waals surface area contributed by atoms with Gasteiger partial charge in [0.2, 0.25) is 0 Å². The van der Waals surface area contributed by atoms with E-state index in [1.165, 1.54) is 0 Å². The molecule has 48 heavy (non-hydrogen) atoms. The van der Waals surface area contributed by atoms with E-state index in [9.17, 15) is 15.8 Å². The molecule has 0 aliphatic rings. The lowest BCUT2D eigenvalue weighted by molar-refractivity contribution is 1.40. The summed E-state index contributed by atoms with van der Waals surface area (Å²) in [6.45, 7) is 0. The Kier molecular flexibility index (Phi) is 8.15. The van der Waals surface area contributed by atoms with Crippen LogP contribution in [0.3, 0.4) is 0 Å². The molecule has 7 rings (SSSR count). The van der Waals surface area contributed by atoms with E-state index in [2.05, 4.69) is 18.2 Å². The zero-order valence-electron chi connectivity index (χ0n) is 25.9. The summed E-state index contributed by atoms with van der Waals surface area (Å²) >= 11 is 0. The van der Waals surface area contributed by atoms with Crippen LogP contribution >= 0.6 is 0 Å². The first kappa shape index (κ1) is 29.7. The van der Waals surface area contributed by atoms with Crippen LogP contribution in [0.2, 0.25) is 0 Å². The molecule has 3 heteroatoms. The van der Waals surface area contributed by atoms with Crippen molar-refractivity contribution in [3.05, 3.63) is 180 Å².